The monoisotopic (exact) mass is 210 g/mol. The van der Waals surface area contributed by atoms with E-state index in [0.717, 1.165) is 31.1 Å². The van der Waals surface area contributed by atoms with Gasteiger partial charge in [0.1, 0.15) is 0 Å². The van der Waals surface area contributed by atoms with Crippen LogP contribution in [0.2, 0.25) is 0 Å². The Labute approximate surface area is 92.2 Å². The highest BCUT2D eigenvalue weighted by Gasteiger charge is 2.36. The van der Waals surface area contributed by atoms with Crippen LogP contribution in [0.4, 0.5) is 0 Å². The molecule has 0 aromatic rings. The van der Waals surface area contributed by atoms with Crippen LogP contribution in [-0.2, 0) is 4.74 Å². The Morgan fingerprint density at radius 3 is 2.67 bits per heavy atom. The van der Waals surface area contributed by atoms with Crippen molar-refractivity contribution in [3.63, 3.8) is 0 Å². The molecule has 3 rings (SSSR count). The summed E-state index contributed by atoms with van der Waals surface area (Å²) in [6, 6.07) is 0.854. The van der Waals surface area contributed by atoms with Gasteiger partial charge in [0.15, 0.2) is 0 Å². The summed E-state index contributed by atoms with van der Waals surface area (Å²) in [7, 11) is 0. The quantitative estimate of drug-likeness (QED) is 0.690. The van der Waals surface area contributed by atoms with E-state index < -0.39 is 0 Å². The second-order valence-corrected chi connectivity index (χ2v) is 5.32. The van der Waals surface area contributed by atoms with Gasteiger partial charge >= 0.3 is 0 Å². The second kappa shape index (κ2) is 4.40. The molecule has 0 saturated carbocycles. The number of likely N-dealkylation sites (tertiary alicyclic amines) is 1. The number of rotatable bonds is 1. The fraction of sp³-hybridized carbons (Fsp3) is 1.00. The molecule has 2 atom stereocenters. The van der Waals surface area contributed by atoms with Crippen molar-refractivity contribution in [1.82, 2.24) is 10.2 Å². The van der Waals surface area contributed by atoms with Crippen LogP contribution in [0, 0.1) is 11.8 Å². The Bertz CT molecular complexity index is 216. The fourth-order valence-electron chi connectivity index (χ4n) is 3.39. The number of hydrogen-bond donors (Lipinski definition) is 1. The van der Waals surface area contributed by atoms with E-state index in [4.69, 9.17) is 4.74 Å². The lowest BCUT2D eigenvalue weighted by Gasteiger charge is -2.40. The largest absolute Gasteiger partial charge is 0.381 e. The van der Waals surface area contributed by atoms with Gasteiger partial charge in [-0.15, -0.1) is 0 Å². The van der Waals surface area contributed by atoms with E-state index in [1.54, 1.807) is 0 Å². The van der Waals surface area contributed by atoms with Gasteiger partial charge in [-0.2, -0.15) is 0 Å². The van der Waals surface area contributed by atoms with Crippen molar-refractivity contribution in [2.45, 2.75) is 25.3 Å². The zero-order valence-corrected chi connectivity index (χ0v) is 9.45. The first-order valence-electron chi connectivity index (χ1n) is 6.46. The number of fused-ring (bicyclic) bond motifs is 1. The van der Waals surface area contributed by atoms with Crippen LogP contribution in [0.1, 0.15) is 19.3 Å². The summed E-state index contributed by atoms with van der Waals surface area (Å²) in [5, 5.41) is 3.45. The predicted molar refractivity (Wildman–Crippen MR) is 59.9 cm³/mol. The third kappa shape index (κ3) is 2.05. The molecule has 0 bridgehead atoms. The molecule has 3 saturated heterocycles. The first-order chi connectivity index (χ1) is 7.43. The maximum Gasteiger partial charge on any atom is 0.0510 e. The van der Waals surface area contributed by atoms with E-state index in [0.29, 0.717) is 0 Å². The van der Waals surface area contributed by atoms with Crippen LogP contribution < -0.4 is 5.32 Å². The summed E-state index contributed by atoms with van der Waals surface area (Å²) < 4.78 is 5.59. The number of nitrogens with zero attached hydrogens (tertiary/aromatic N) is 1. The average Bonchev–Trinajstić information content (AvgIpc) is 2.77. The SMILES string of the molecule is C1CC(N2CC[C@H]3COC[C@@H]3C2)CCN1. The zero-order valence-electron chi connectivity index (χ0n) is 9.45. The summed E-state index contributed by atoms with van der Waals surface area (Å²) in [6.07, 6.45) is 4.06. The topological polar surface area (TPSA) is 24.5 Å². The van der Waals surface area contributed by atoms with Gasteiger partial charge in [-0.1, -0.05) is 0 Å². The van der Waals surface area contributed by atoms with E-state index >= 15 is 0 Å². The number of piperidine rings is 2. The molecule has 15 heavy (non-hydrogen) atoms. The zero-order chi connectivity index (χ0) is 10.1. The van der Waals surface area contributed by atoms with E-state index in [2.05, 4.69) is 10.2 Å². The third-order valence-electron chi connectivity index (χ3n) is 4.41. The molecule has 3 aliphatic rings. The Hall–Kier alpha value is -0.120. The van der Waals surface area contributed by atoms with Crippen LogP contribution in [0.15, 0.2) is 0 Å². The molecule has 0 radical (unpaired) electrons. The van der Waals surface area contributed by atoms with E-state index in [1.165, 1.54) is 45.4 Å². The highest BCUT2D eigenvalue weighted by atomic mass is 16.5. The summed E-state index contributed by atoms with van der Waals surface area (Å²) in [5.74, 6) is 1.72. The summed E-state index contributed by atoms with van der Waals surface area (Å²) in [5.41, 5.74) is 0. The van der Waals surface area contributed by atoms with Gasteiger partial charge < -0.3 is 10.1 Å². The van der Waals surface area contributed by atoms with E-state index in [1.807, 2.05) is 0 Å². The molecule has 0 aromatic heterocycles. The van der Waals surface area contributed by atoms with Crippen molar-refractivity contribution in [2.75, 3.05) is 39.4 Å². The van der Waals surface area contributed by atoms with Gasteiger partial charge in [0, 0.05) is 25.1 Å². The molecule has 0 aliphatic carbocycles. The normalized spacial score (nSPS) is 39.2. The number of nitrogens with one attached hydrogen (secondary N) is 1. The smallest absolute Gasteiger partial charge is 0.0510 e. The van der Waals surface area contributed by atoms with Crippen LogP contribution >= 0.6 is 0 Å². The third-order valence-corrected chi connectivity index (χ3v) is 4.41. The molecule has 0 amide bonds. The fourth-order valence-corrected chi connectivity index (χ4v) is 3.39. The minimum atomic E-state index is 0.841. The van der Waals surface area contributed by atoms with Gasteiger partial charge in [0.25, 0.3) is 0 Å². The lowest BCUT2D eigenvalue weighted by molar-refractivity contribution is 0.0858. The molecule has 0 unspecified atom stereocenters. The first-order valence-corrected chi connectivity index (χ1v) is 6.46. The first kappa shape index (κ1) is 10.1. The molecule has 3 heterocycles. The second-order valence-electron chi connectivity index (χ2n) is 5.32. The van der Waals surface area contributed by atoms with E-state index in [9.17, 15) is 0 Å². The van der Waals surface area contributed by atoms with Gasteiger partial charge in [-0.05, 0) is 44.8 Å². The maximum absolute atomic E-state index is 5.59. The van der Waals surface area contributed by atoms with Crippen molar-refractivity contribution in [2.24, 2.45) is 11.8 Å². The van der Waals surface area contributed by atoms with Crippen molar-refractivity contribution in [3.8, 4) is 0 Å². The molecular formula is C12H22N2O. The molecular weight excluding hydrogens is 188 g/mol. The van der Waals surface area contributed by atoms with Crippen molar-refractivity contribution in [1.29, 1.82) is 0 Å². The molecule has 86 valence electrons. The van der Waals surface area contributed by atoms with Gasteiger partial charge in [-0.25, -0.2) is 0 Å². The Balaban J connectivity index is 1.58. The average molecular weight is 210 g/mol. The Kier molecular flexibility index (Phi) is 2.95. The molecule has 3 aliphatic heterocycles. The molecule has 0 spiro atoms. The van der Waals surface area contributed by atoms with Crippen LogP contribution in [0.3, 0.4) is 0 Å². The summed E-state index contributed by atoms with van der Waals surface area (Å²) >= 11 is 0. The summed E-state index contributed by atoms with van der Waals surface area (Å²) in [6.45, 7) is 7.10. The van der Waals surface area contributed by atoms with Crippen molar-refractivity contribution < 1.29 is 4.74 Å². The molecule has 3 heteroatoms. The highest BCUT2D eigenvalue weighted by molar-refractivity contribution is 4.88. The van der Waals surface area contributed by atoms with E-state index in [-0.39, 0.29) is 0 Å². The van der Waals surface area contributed by atoms with Gasteiger partial charge in [0.05, 0.1) is 6.61 Å². The minimum absolute atomic E-state index is 0.841. The highest BCUT2D eigenvalue weighted by Crippen LogP contribution is 2.31. The van der Waals surface area contributed by atoms with Gasteiger partial charge in [0.2, 0.25) is 0 Å². The van der Waals surface area contributed by atoms with Gasteiger partial charge in [-0.3, -0.25) is 4.90 Å². The number of hydrogen-bond acceptors (Lipinski definition) is 3. The Morgan fingerprint density at radius 2 is 1.80 bits per heavy atom. The Morgan fingerprint density at radius 1 is 1.00 bits per heavy atom. The van der Waals surface area contributed by atoms with Crippen molar-refractivity contribution >= 4 is 0 Å². The maximum atomic E-state index is 5.59. The number of ether oxygens (including phenoxy) is 1. The van der Waals surface area contributed by atoms with Crippen LogP contribution in [-0.4, -0.2) is 50.3 Å². The van der Waals surface area contributed by atoms with Crippen LogP contribution in [0.5, 0.6) is 0 Å². The van der Waals surface area contributed by atoms with Crippen molar-refractivity contribution in [3.05, 3.63) is 0 Å². The summed E-state index contributed by atoms with van der Waals surface area (Å²) in [4.78, 5) is 2.73. The standard InChI is InChI=1S/C12H22N2O/c1-4-13-5-2-12(1)14-6-3-10-8-15-9-11(10)7-14/h10-13H,1-9H2/t10-,11-/m0/s1. The molecule has 0 aromatic carbocycles. The molecule has 1 N–H and O–H groups in total. The van der Waals surface area contributed by atoms with Crippen LogP contribution in [0.25, 0.3) is 0 Å². The predicted octanol–water partition coefficient (Wildman–Crippen LogP) is 0.707. The lowest BCUT2D eigenvalue weighted by Crippen LogP contribution is -2.49. The lowest BCUT2D eigenvalue weighted by atomic mass is 9.87. The molecule has 3 nitrogen and oxygen atoms in total. The molecule has 3 fully saturated rings. The minimum Gasteiger partial charge on any atom is -0.381 e.